The van der Waals surface area contributed by atoms with Gasteiger partial charge in [0.15, 0.2) is 11.6 Å². The summed E-state index contributed by atoms with van der Waals surface area (Å²) in [5, 5.41) is 15.7. The fourth-order valence-electron chi connectivity index (χ4n) is 7.66. The second kappa shape index (κ2) is 15.8. The van der Waals surface area contributed by atoms with Gasteiger partial charge in [-0.2, -0.15) is 0 Å². The maximum absolute atomic E-state index is 16.1. The standard InChI is InChI=1S/C46H48N8O2/c1-47(2)51(33-21-13-9-14-22-33)37-29-30-38(52(48(3)4)34-23-15-10-16-24-34)42-41(37)45(55)43-39(53(49(5)6)35-25-17-11-18-26-35)31-32-40(44(43)46(42)56)54(50(7)8)36-27-19-12-20-28-36/h9-32H,1-8H3. The molecule has 0 amide bonds. The molecule has 0 bridgehead atoms. The van der Waals surface area contributed by atoms with Gasteiger partial charge in [0.25, 0.3) is 0 Å². The number of fused-ring (bicyclic) bond motifs is 2. The highest BCUT2D eigenvalue weighted by Crippen LogP contribution is 2.49. The van der Waals surface area contributed by atoms with Gasteiger partial charge in [-0.05, 0) is 72.8 Å². The van der Waals surface area contributed by atoms with Crippen molar-refractivity contribution in [1.29, 1.82) is 0 Å². The third kappa shape index (κ3) is 6.80. The van der Waals surface area contributed by atoms with E-state index in [4.69, 9.17) is 0 Å². The lowest BCUT2D eigenvalue weighted by Gasteiger charge is -2.40. The van der Waals surface area contributed by atoms with Crippen LogP contribution >= 0.6 is 0 Å². The molecule has 0 saturated carbocycles. The van der Waals surface area contributed by atoms with Crippen molar-refractivity contribution >= 4 is 57.1 Å². The van der Waals surface area contributed by atoms with E-state index in [0.29, 0.717) is 45.0 Å². The maximum Gasteiger partial charge on any atom is 0.198 e. The predicted octanol–water partition coefficient (Wildman–Crippen LogP) is 8.92. The minimum atomic E-state index is -0.257. The van der Waals surface area contributed by atoms with Crippen LogP contribution < -0.4 is 20.0 Å². The highest BCUT2D eigenvalue weighted by molar-refractivity contribution is 6.35. The van der Waals surface area contributed by atoms with Crippen LogP contribution in [0.2, 0.25) is 0 Å². The summed E-state index contributed by atoms with van der Waals surface area (Å²) in [6.45, 7) is 0. The lowest BCUT2D eigenvalue weighted by molar-refractivity contribution is 0.0979. The molecule has 0 radical (unpaired) electrons. The van der Waals surface area contributed by atoms with Crippen molar-refractivity contribution in [2.45, 2.75) is 0 Å². The minimum Gasteiger partial charge on any atom is -0.288 e. The SMILES string of the molecule is CN(C)N(c1ccccc1)c1ccc(N(c2ccccc2)N(C)C)c2c1C(=O)c1c(N(c3ccccc3)N(C)C)ccc(N(c3ccccc3)N(C)C)c1C2=O. The first-order valence-corrected chi connectivity index (χ1v) is 18.5. The van der Waals surface area contributed by atoms with Crippen LogP contribution in [0.25, 0.3) is 0 Å². The Kier molecular flexibility index (Phi) is 10.7. The third-order valence-electron chi connectivity index (χ3n) is 9.75. The number of benzene rings is 6. The molecule has 0 saturated heterocycles. The number of nitrogens with zero attached hydrogens (tertiary/aromatic N) is 8. The molecule has 6 aromatic rings. The van der Waals surface area contributed by atoms with Crippen molar-refractivity contribution in [1.82, 2.24) is 20.0 Å². The van der Waals surface area contributed by atoms with E-state index < -0.39 is 0 Å². The molecule has 0 unspecified atom stereocenters. The van der Waals surface area contributed by atoms with E-state index in [-0.39, 0.29) is 11.6 Å². The molecule has 56 heavy (non-hydrogen) atoms. The molecule has 0 fully saturated rings. The van der Waals surface area contributed by atoms with Crippen molar-refractivity contribution in [3.63, 3.8) is 0 Å². The lowest BCUT2D eigenvalue weighted by atomic mass is 9.79. The van der Waals surface area contributed by atoms with E-state index in [9.17, 15) is 0 Å². The fraction of sp³-hybridized carbons (Fsp3) is 0.174. The highest BCUT2D eigenvalue weighted by atomic mass is 16.1. The minimum absolute atomic E-state index is 0.257. The number of hydrazine groups is 4. The number of carbonyl (C=O) groups is 2. The summed E-state index contributed by atoms with van der Waals surface area (Å²) in [4.78, 5) is 32.1. The summed E-state index contributed by atoms with van der Waals surface area (Å²) in [7, 11) is 15.5. The Labute approximate surface area is 330 Å². The van der Waals surface area contributed by atoms with Crippen molar-refractivity contribution in [3.8, 4) is 0 Å². The van der Waals surface area contributed by atoms with E-state index in [1.807, 2.05) is 242 Å². The molecule has 7 rings (SSSR count). The number of para-hydroxylation sites is 4. The van der Waals surface area contributed by atoms with E-state index in [0.717, 1.165) is 22.7 Å². The molecule has 1 aliphatic rings. The van der Waals surface area contributed by atoms with E-state index >= 15 is 9.59 Å². The van der Waals surface area contributed by atoms with Gasteiger partial charge in [-0.3, -0.25) is 29.6 Å². The molecule has 1 aliphatic carbocycles. The zero-order chi connectivity index (χ0) is 39.7. The van der Waals surface area contributed by atoms with Crippen LogP contribution in [0.3, 0.4) is 0 Å². The lowest BCUT2D eigenvalue weighted by Crippen LogP contribution is -2.40. The predicted molar refractivity (Wildman–Crippen MR) is 229 cm³/mol. The van der Waals surface area contributed by atoms with Crippen LogP contribution in [0, 0.1) is 0 Å². The third-order valence-corrected chi connectivity index (χ3v) is 9.75. The van der Waals surface area contributed by atoms with Gasteiger partial charge in [0.05, 0.1) is 67.8 Å². The summed E-state index contributed by atoms with van der Waals surface area (Å²) < 4.78 is 0. The smallest absolute Gasteiger partial charge is 0.198 e. The summed E-state index contributed by atoms with van der Waals surface area (Å²) >= 11 is 0. The topological polar surface area (TPSA) is 60.1 Å². The summed E-state index contributed by atoms with van der Waals surface area (Å²) in [6.07, 6.45) is 0. The number of hydrogen-bond acceptors (Lipinski definition) is 10. The van der Waals surface area contributed by atoms with Crippen LogP contribution in [0.4, 0.5) is 45.5 Å². The quantitative estimate of drug-likeness (QED) is 0.113. The molecular formula is C46H48N8O2. The molecule has 0 N–H and O–H groups in total. The number of ketones is 2. The largest absolute Gasteiger partial charge is 0.288 e. The molecule has 10 heteroatoms. The Hall–Kier alpha value is -6.30. The molecular weight excluding hydrogens is 697 g/mol. The molecule has 0 spiro atoms. The van der Waals surface area contributed by atoms with Crippen molar-refractivity contribution in [2.24, 2.45) is 0 Å². The van der Waals surface area contributed by atoms with Crippen molar-refractivity contribution < 1.29 is 9.59 Å². The summed E-state index contributed by atoms with van der Waals surface area (Å²) in [6, 6.07) is 47.4. The van der Waals surface area contributed by atoms with Gasteiger partial charge in [-0.25, -0.2) is 20.0 Å². The highest BCUT2D eigenvalue weighted by Gasteiger charge is 2.42. The zero-order valence-electron chi connectivity index (χ0n) is 33.3. The first-order chi connectivity index (χ1) is 27.0. The second-order valence-electron chi connectivity index (χ2n) is 14.3. The zero-order valence-corrected chi connectivity index (χ0v) is 33.3. The van der Waals surface area contributed by atoms with Gasteiger partial charge in [0.1, 0.15) is 0 Å². The van der Waals surface area contributed by atoms with Gasteiger partial charge in [0, 0.05) is 56.4 Å². The molecule has 6 aromatic carbocycles. The van der Waals surface area contributed by atoms with E-state index in [1.165, 1.54) is 0 Å². The fourth-order valence-corrected chi connectivity index (χ4v) is 7.66. The number of rotatable bonds is 12. The van der Waals surface area contributed by atoms with Crippen molar-refractivity contribution in [2.75, 3.05) is 76.4 Å². The summed E-state index contributed by atoms with van der Waals surface area (Å²) in [5.41, 5.74) is 7.05. The molecule has 284 valence electrons. The number of anilines is 8. The number of carbonyl (C=O) groups excluding carboxylic acids is 2. The first kappa shape index (κ1) is 38.0. The first-order valence-electron chi connectivity index (χ1n) is 18.5. The van der Waals surface area contributed by atoms with Gasteiger partial charge in [-0.15, -0.1) is 0 Å². The molecule has 0 aromatic heterocycles. The molecule has 0 heterocycles. The van der Waals surface area contributed by atoms with Crippen molar-refractivity contribution in [3.05, 3.63) is 168 Å². The van der Waals surface area contributed by atoms with Crippen LogP contribution in [-0.4, -0.2) is 88.0 Å². The molecule has 0 aliphatic heterocycles. The number of hydrogen-bond donors (Lipinski definition) is 0. The monoisotopic (exact) mass is 744 g/mol. The van der Waals surface area contributed by atoms with E-state index in [2.05, 4.69) is 0 Å². The Morgan fingerprint density at radius 1 is 0.268 bits per heavy atom. The Morgan fingerprint density at radius 3 is 0.607 bits per heavy atom. The second-order valence-corrected chi connectivity index (χ2v) is 14.3. The Morgan fingerprint density at radius 2 is 0.446 bits per heavy atom. The normalized spacial score (nSPS) is 12.3. The molecule has 10 nitrogen and oxygen atoms in total. The Bertz CT molecular complexity index is 2010. The summed E-state index contributed by atoms with van der Waals surface area (Å²) in [5.74, 6) is -0.514. The van der Waals surface area contributed by atoms with Crippen LogP contribution in [0.15, 0.2) is 146 Å². The Balaban J connectivity index is 1.62. The van der Waals surface area contributed by atoms with Gasteiger partial charge in [0.2, 0.25) is 0 Å². The van der Waals surface area contributed by atoms with Crippen LogP contribution in [0.5, 0.6) is 0 Å². The average molecular weight is 745 g/mol. The van der Waals surface area contributed by atoms with Gasteiger partial charge in [-0.1, -0.05) is 72.8 Å². The van der Waals surface area contributed by atoms with Crippen LogP contribution in [0.1, 0.15) is 31.8 Å². The maximum atomic E-state index is 16.1. The van der Waals surface area contributed by atoms with Crippen LogP contribution in [-0.2, 0) is 0 Å². The average Bonchev–Trinajstić information content (AvgIpc) is 3.19. The van der Waals surface area contributed by atoms with E-state index in [1.54, 1.807) is 0 Å². The molecule has 0 atom stereocenters. The van der Waals surface area contributed by atoms with Gasteiger partial charge < -0.3 is 0 Å². The van der Waals surface area contributed by atoms with Gasteiger partial charge >= 0.3 is 0 Å².